The van der Waals surface area contributed by atoms with E-state index in [2.05, 4.69) is 15.4 Å². The Bertz CT molecular complexity index is 1480. The van der Waals surface area contributed by atoms with Crippen molar-refractivity contribution in [2.24, 2.45) is 14.1 Å². The van der Waals surface area contributed by atoms with Crippen molar-refractivity contribution < 1.29 is 14.3 Å². The Labute approximate surface area is 187 Å². The predicted molar refractivity (Wildman–Crippen MR) is 121 cm³/mol. The van der Waals surface area contributed by atoms with Crippen LogP contribution in [0.5, 0.6) is 11.5 Å². The molecule has 0 saturated carbocycles. The predicted octanol–water partition coefficient (Wildman–Crippen LogP) is 1.15. The largest absolute Gasteiger partial charge is 0.493 e. The Kier molecular flexibility index (Phi) is 5.69. The summed E-state index contributed by atoms with van der Waals surface area (Å²) < 4.78 is 14.6. The van der Waals surface area contributed by atoms with Crippen LogP contribution in [0.4, 0.5) is 5.82 Å². The van der Waals surface area contributed by atoms with Crippen molar-refractivity contribution >= 4 is 22.8 Å². The third-order valence-corrected chi connectivity index (χ3v) is 5.30. The monoisotopic (exact) mass is 450 g/mol. The van der Waals surface area contributed by atoms with Gasteiger partial charge in [0.2, 0.25) is 0 Å². The molecule has 0 spiro atoms. The lowest BCUT2D eigenvalue weighted by Crippen LogP contribution is -2.37. The average molecular weight is 450 g/mol. The molecule has 0 aliphatic carbocycles. The minimum atomic E-state index is -0.525. The van der Waals surface area contributed by atoms with Crippen LogP contribution in [-0.4, -0.2) is 44.0 Å². The molecule has 0 bridgehead atoms. The molecule has 0 fully saturated rings. The normalized spacial score (nSPS) is 10.9. The van der Waals surface area contributed by atoms with Gasteiger partial charge in [-0.2, -0.15) is 5.10 Å². The van der Waals surface area contributed by atoms with Gasteiger partial charge in [-0.05, 0) is 18.2 Å². The fraction of sp³-hybridized carbons (Fsp3) is 0.227. The third kappa shape index (κ3) is 3.84. The lowest BCUT2D eigenvalue weighted by molar-refractivity contribution is 0.102. The Morgan fingerprint density at radius 2 is 1.82 bits per heavy atom. The molecule has 0 atom stereocenters. The van der Waals surface area contributed by atoms with Gasteiger partial charge < -0.3 is 14.8 Å². The van der Waals surface area contributed by atoms with E-state index in [4.69, 9.17) is 9.47 Å². The number of hydrogen-bond acceptors (Lipinski definition) is 7. The zero-order valence-corrected chi connectivity index (χ0v) is 18.5. The van der Waals surface area contributed by atoms with E-state index in [1.165, 1.54) is 30.8 Å². The maximum Gasteiger partial charge on any atom is 0.332 e. The first kappa shape index (κ1) is 21.8. The number of nitrogens with zero attached hydrogens (tertiary/aromatic N) is 5. The number of fused-ring (bicyclic) bond motifs is 1. The minimum Gasteiger partial charge on any atom is -0.493 e. The maximum atomic E-state index is 12.9. The highest BCUT2D eigenvalue weighted by Gasteiger charge is 2.17. The molecule has 4 aromatic rings. The van der Waals surface area contributed by atoms with Gasteiger partial charge in [0.05, 0.1) is 32.3 Å². The van der Waals surface area contributed by atoms with Gasteiger partial charge in [-0.25, -0.2) is 14.5 Å². The van der Waals surface area contributed by atoms with Gasteiger partial charge in [-0.1, -0.05) is 12.1 Å². The molecule has 3 aromatic heterocycles. The summed E-state index contributed by atoms with van der Waals surface area (Å²) in [6, 6.07) is 10.1. The lowest BCUT2D eigenvalue weighted by Gasteiger charge is -2.14. The molecule has 1 aromatic carbocycles. The molecule has 0 aliphatic rings. The van der Waals surface area contributed by atoms with Crippen LogP contribution in [0.3, 0.4) is 0 Å². The number of anilines is 1. The quantitative estimate of drug-likeness (QED) is 0.467. The second-order valence-electron chi connectivity index (χ2n) is 7.25. The smallest absolute Gasteiger partial charge is 0.332 e. The van der Waals surface area contributed by atoms with Crippen LogP contribution in [0.2, 0.25) is 0 Å². The molecule has 11 nitrogen and oxygen atoms in total. The Morgan fingerprint density at radius 1 is 1.03 bits per heavy atom. The lowest BCUT2D eigenvalue weighted by atomic mass is 10.2. The first-order chi connectivity index (χ1) is 15.8. The third-order valence-electron chi connectivity index (χ3n) is 5.30. The number of rotatable bonds is 6. The summed E-state index contributed by atoms with van der Waals surface area (Å²) in [7, 11) is 6.00. The summed E-state index contributed by atoms with van der Waals surface area (Å²) in [5.74, 6) is 1.09. The zero-order chi connectivity index (χ0) is 23.7. The minimum absolute atomic E-state index is 0.0532. The average Bonchev–Trinajstić information content (AvgIpc) is 3.26. The molecule has 0 unspecified atom stereocenters. The standard InChI is InChI=1S/C22H22N6O5/c1-26-19-14(21(30)27(2)22(26)31)8-9-15(24-19)20(29)25-17-10-11-23-28(17)12-13-6-5-7-16(32-3)18(13)33-4/h5-11H,12H2,1-4H3,(H,25,29). The van der Waals surface area contributed by atoms with Gasteiger partial charge in [0.15, 0.2) is 11.5 Å². The van der Waals surface area contributed by atoms with E-state index in [0.717, 1.165) is 10.1 Å². The molecule has 11 heteroatoms. The Hall–Kier alpha value is -4.41. The van der Waals surface area contributed by atoms with Gasteiger partial charge in [-0.15, -0.1) is 0 Å². The first-order valence-corrected chi connectivity index (χ1v) is 9.95. The van der Waals surface area contributed by atoms with Crippen molar-refractivity contribution in [3.8, 4) is 11.5 Å². The highest BCUT2D eigenvalue weighted by atomic mass is 16.5. The molecule has 0 aliphatic heterocycles. The molecule has 4 rings (SSSR count). The summed E-state index contributed by atoms with van der Waals surface area (Å²) in [5.41, 5.74) is -0.00527. The Balaban J connectivity index is 1.64. The number of amides is 1. The van der Waals surface area contributed by atoms with Crippen LogP contribution in [0, 0.1) is 0 Å². The number of benzene rings is 1. The molecule has 0 saturated heterocycles. The van der Waals surface area contributed by atoms with Crippen molar-refractivity contribution in [1.82, 2.24) is 23.9 Å². The summed E-state index contributed by atoms with van der Waals surface area (Å²) in [6.45, 7) is 0.318. The first-order valence-electron chi connectivity index (χ1n) is 9.95. The fourth-order valence-corrected chi connectivity index (χ4v) is 3.57. The van der Waals surface area contributed by atoms with Gasteiger partial charge >= 0.3 is 5.69 Å². The summed E-state index contributed by atoms with van der Waals surface area (Å²) in [6.07, 6.45) is 1.56. The molecule has 170 valence electrons. The summed E-state index contributed by atoms with van der Waals surface area (Å²) in [4.78, 5) is 41.7. The van der Waals surface area contributed by atoms with Crippen LogP contribution in [-0.2, 0) is 20.6 Å². The van der Waals surface area contributed by atoms with Crippen molar-refractivity contribution in [2.45, 2.75) is 6.54 Å². The van der Waals surface area contributed by atoms with Gasteiger partial charge in [0.1, 0.15) is 17.2 Å². The van der Waals surface area contributed by atoms with Crippen molar-refractivity contribution in [1.29, 1.82) is 0 Å². The van der Waals surface area contributed by atoms with Gasteiger partial charge in [-0.3, -0.25) is 18.7 Å². The van der Waals surface area contributed by atoms with Crippen LogP contribution < -0.4 is 26.0 Å². The highest BCUT2D eigenvalue weighted by molar-refractivity contribution is 6.03. The highest BCUT2D eigenvalue weighted by Crippen LogP contribution is 2.31. The number of carbonyl (C=O) groups excluding carboxylic acids is 1. The number of pyridine rings is 1. The number of hydrogen-bond donors (Lipinski definition) is 1. The van der Waals surface area contributed by atoms with Crippen LogP contribution in [0.1, 0.15) is 16.1 Å². The van der Waals surface area contributed by atoms with Gasteiger partial charge in [0, 0.05) is 25.7 Å². The van der Waals surface area contributed by atoms with Crippen molar-refractivity contribution in [3.63, 3.8) is 0 Å². The second kappa shape index (κ2) is 8.61. The molecule has 3 heterocycles. The molecule has 0 radical (unpaired) electrons. The van der Waals surface area contributed by atoms with E-state index in [9.17, 15) is 14.4 Å². The molecular weight excluding hydrogens is 428 g/mol. The van der Waals surface area contributed by atoms with Crippen molar-refractivity contribution in [3.05, 3.63) is 74.7 Å². The molecular formula is C22H22N6O5. The maximum absolute atomic E-state index is 12.9. The number of aromatic nitrogens is 5. The van der Waals surface area contributed by atoms with E-state index in [1.807, 2.05) is 12.1 Å². The van der Waals surface area contributed by atoms with Crippen LogP contribution in [0.15, 0.2) is 52.2 Å². The van der Waals surface area contributed by atoms with E-state index < -0.39 is 17.2 Å². The van der Waals surface area contributed by atoms with E-state index >= 15 is 0 Å². The molecule has 33 heavy (non-hydrogen) atoms. The zero-order valence-electron chi connectivity index (χ0n) is 18.5. The Morgan fingerprint density at radius 3 is 2.55 bits per heavy atom. The number of ether oxygens (including phenoxy) is 2. The SMILES string of the molecule is COc1cccc(Cn2nccc2NC(=O)c2ccc3c(=O)n(C)c(=O)n(C)c3n2)c1OC. The summed E-state index contributed by atoms with van der Waals surface area (Å²) in [5, 5.41) is 7.30. The number of para-hydroxylation sites is 1. The van der Waals surface area contributed by atoms with Crippen LogP contribution in [0.25, 0.3) is 11.0 Å². The fourth-order valence-electron chi connectivity index (χ4n) is 3.57. The number of methoxy groups -OCH3 is 2. The number of nitrogens with one attached hydrogen (secondary N) is 1. The number of aryl methyl sites for hydroxylation is 1. The topological polar surface area (TPSA) is 122 Å². The van der Waals surface area contributed by atoms with E-state index in [0.29, 0.717) is 23.9 Å². The van der Waals surface area contributed by atoms with Gasteiger partial charge in [0.25, 0.3) is 11.5 Å². The van der Waals surface area contributed by atoms with Crippen LogP contribution >= 0.6 is 0 Å². The van der Waals surface area contributed by atoms with E-state index in [-0.39, 0.29) is 16.7 Å². The summed E-state index contributed by atoms with van der Waals surface area (Å²) >= 11 is 0. The molecule has 1 amide bonds. The van der Waals surface area contributed by atoms with E-state index in [1.54, 1.807) is 37.2 Å². The molecule has 1 N–H and O–H groups in total. The number of carbonyl (C=O) groups is 1. The van der Waals surface area contributed by atoms with Crippen molar-refractivity contribution in [2.75, 3.05) is 19.5 Å². The second-order valence-corrected chi connectivity index (χ2v) is 7.25.